The Balaban J connectivity index is 0.984. The molecule has 10 aromatic carbocycles. The highest BCUT2D eigenvalue weighted by molar-refractivity contribution is 6.34. The second-order valence-corrected chi connectivity index (χ2v) is 16.3. The zero-order valence-corrected chi connectivity index (χ0v) is 33.6. The summed E-state index contributed by atoms with van der Waals surface area (Å²) in [4.78, 5) is 15.6. The molecule has 0 aliphatic heterocycles. The van der Waals surface area contributed by atoms with E-state index >= 15 is 0 Å². The van der Waals surface area contributed by atoms with Crippen LogP contribution in [-0.2, 0) is 0 Å². The number of benzene rings is 10. The van der Waals surface area contributed by atoms with Crippen molar-refractivity contribution >= 4 is 87.2 Å². The number of hydrogen-bond donors (Lipinski definition) is 0. The second-order valence-electron chi connectivity index (χ2n) is 16.3. The first kappa shape index (κ1) is 34.1. The molecular weight excluding hydrogens is 773 g/mol. The van der Waals surface area contributed by atoms with Gasteiger partial charge in [0.1, 0.15) is 22.3 Å². The van der Waals surface area contributed by atoms with Crippen LogP contribution in [-0.4, -0.2) is 19.5 Å². The van der Waals surface area contributed by atoms with Gasteiger partial charge in [0.2, 0.25) is 0 Å². The molecule has 6 nitrogen and oxygen atoms in total. The second kappa shape index (κ2) is 12.9. The summed E-state index contributed by atoms with van der Waals surface area (Å²) in [5, 5.41) is 11.7. The summed E-state index contributed by atoms with van der Waals surface area (Å²) in [6, 6.07) is 67.9. The van der Waals surface area contributed by atoms with Crippen molar-refractivity contribution in [3.63, 3.8) is 0 Å². The highest BCUT2D eigenvalue weighted by atomic mass is 16.3. The van der Waals surface area contributed by atoms with Crippen LogP contribution in [0.1, 0.15) is 0 Å². The van der Waals surface area contributed by atoms with Crippen LogP contribution in [0.5, 0.6) is 0 Å². The summed E-state index contributed by atoms with van der Waals surface area (Å²) in [7, 11) is 0. The third kappa shape index (κ3) is 5.03. The molecule has 63 heavy (non-hydrogen) atoms. The van der Waals surface area contributed by atoms with Gasteiger partial charge in [-0.1, -0.05) is 140 Å². The maximum Gasteiger partial charge on any atom is 0.164 e. The Labute approximate surface area is 359 Å². The van der Waals surface area contributed by atoms with Crippen LogP contribution in [0.3, 0.4) is 0 Å². The van der Waals surface area contributed by atoms with Crippen LogP contribution >= 0.6 is 0 Å². The molecule has 14 rings (SSSR count). The number of hydrogen-bond acceptors (Lipinski definition) is 5. The van der Waals surface area contributed by atoms with E-state index in [-0.39, 0.29) is 0 Å². The fraction of sp³-hybridized carbons (Fsp3) is 0. The minimum absolute atomic E-state index is 0.554. The quantitative estimate of drug-likeness (QED) is 0.162. The SMILES string of the molecule is c1ccc(-c2ccc(-c3nc(-c4ccc5c(c4)oc4ccccc45)nc(-c4cccc5oc6ccc(-n7c8cccc9c%10ccccc%10c%10cccc7c%10c98)cc6c45)n3)cc2)cc1. The average Bonchev–Trinajstić information content (AvgIpc) is 4.03. The number of fused-ring (bicyclic) bond motifs is 9. The van der Waals surface area contributed by atoms with E-state index < -0.39 is 0 Å². The molecule has 4 heterocycles. The Morgan fingerprint density at radius 2 is 0.841 bits per heavy atom. The minimum Gasteiger partial charge on any atom is -0.456 e. The van der Waals surface area contributed by atoms with Gasteiger partial charge in [-0.05, 0) is 87.3 Å². The van der Waals surface area contributed by atoms with Gasteiger partial charge in [0, 0.05) is 54.7 Å². The molecule has 0 bridgehead atoms. The van der Waals surface area contributed by atoms with Gasteiger partial charge in [0.15, 0.2) is 17.5 Å². The van der Waals surface area contributed by atoms with Crippen molar-refractivity contribution in [2.45, 2.75) is 0 Å². The molecule has 6 heteroatoms. The fourth-order valence-electron chi connectivity index (χ4n) is 9.99. The third-order valence-electron chi connectivity index (χ3n) is 12.8. The zero-order valence-electron chi connectivity index (χ0n) is 33.6. The molecule has 0 saturated carbocycles. The Bertz CT molecular complexity index is 4050. The molecule has 0 atom stereocenters. The molecule has 0 fully saturated rings. The van der Waals surface area contributed by atoms with Crippen molar-refractivity contribution in [3.05, 3.63) is 194 Å². The van der Waals surface area contributed by atoms with Crippen LogP contribution < -0.4 is 0 Å². The average molecular weight is 805 g/mol. The summed E-state index contributed by atoms with van der Waals surface area (Å²) in [6.07, 6.45) is 0. The normalized spacial score (nSPS) is 12.1. The summed E-state index contributed by atoms with van der Waals surface area (Å²) in [6.45, 7) is 0. The van der Waals surface area contributed by atoms with Crippen molar-refractivity contribution in [1.29, 1.82) is 0 Å². The van der Waals surface area contributed by atoms with Crippen molar-refractivity contribution < 1.29 is 8.83 Å². The number of furan rings is 2. The summed E-state index contributed by atoms with van der Waals surface area (Å²) in [5.74, 6) is 1.69. The van der Waals surface area contributed by atoms with Crippen molar-refractivity contribution in [3.8, 4) is 51.0 Å². The van der Waals surface area contributed by atoms with E-state index in [2.05, 4.69) is 156 Å². The molecule has 0 N–H and O–H groups in total. The lowest BCUT2D eigenvalue weighted by molar-refractivity contribution is 0.668. The molecule has 0 unspecified atom stereocenters. The van der Waals surface area contributed by atoms with E-state index in [1.165, 1.54) is 43.4 Å². The number of nitrogens with zero attached hydrogens (tertiary/aromatic N) is 4. The van der Waals surface area contributed by atoms with Gasteiger partial charge in [-0.15, -0.1) is 0 Å². The predicted molar refractivity (Wildman–Crippen MR) is 257 cm³/mol. The van der Waals surface area contributed by atoms with Crippen LogP contribution in [0.25, 0.3) is 138 Å². The lowest BCUT2D eigenvalue weighted by atomic mass is 9.95. The van der Waals surface area contributed by atoms with Crippen LogP contribution in [0.4, 0.5) is 0 Å². The lowest BCUT2D eigenvalue weighted by Gasteiger charge is -2.10. The van der Waals surface area contributed by atoms with Crippen LogP contribution in [0.2, 0.25) is 0 Å². The first-order valence-electron chi connectivity index (χ1n) is 21.2. The summed E-state index contributed by atoms with van der Waals surface area (Å²) in [5.41, 5.74) is 11.4. The summed E-state index contributed by atoms with van der Waals surface area (Å²) < 4.78 is 15.4. The van der Waals surface area contributed by atoms with E-state index in [1.54, 1.807) is 0 Å². The number of aromatic nitrogens is 4. The van der Waals surface area contributed by atoms with Gasteiger partial charge in [0.05, 0.1) is 11.0 Å². The fourth-order valence-corrected chi connectivity index (χ4v) is 9.99. The first-order chi connectivity index (χ1) is 31.2. The zero-order chi connectivity index (χ0) is 41.2. The highest BCUT2D eigenvalue weighted by Crippen LogP contribution is 2.45. The van der Waals surface area contributed by atoms with Gasteiger partial charge in [-0.25, -0.2) is 15.0 Å². The first-order valence-corrected chi connectivity index (χ1v) is 21.2. The van der Waals surface area contributed by atoms with Crippen LogP contribution in [0.15, 0.2) is 203 Å². The van der Waals surface area contributed by atoms with Crippen molar-refractivity contribution in [2.24, 2.45) is 0 Å². The third-order valence-corrected chi connectivity index (χ3v) is 12.8. The highest BCUT2D eigenvalue weighted by Gasteiger charge is 2.22. The van der Waals surface area contributed by atoms with E-state index in [4.69, 9.17) is 23.8 Å². The van der Waals surface area contributed by atoms with Gasteiger partial charge in [-0.3, -0.25) is 0 Å². The van der Waals surface area contributed by atoms with Gasteiger partial charge in [-0.2, -0.15) is 0 Å². The van der Waals surface area contributed by atoms with E-state index in [0.717, 1.165) is 77.4 Å². The Kier molecular flexibility index (Phi) is 7.02. The molecule has 0 radical (unpaired) electrons. The summed E-state index contributed by atoms with van der Waals surface area (Å²) >= 11 is 0. The van der Waals surface area contributed by atoms with Gasteiger partial charge < -0.3 is 13.4 Å². The molecule has 4 aromatic heterocycles. The van der Waals surface area contributed by atoms with E-state index in [1.807, 2.05) is 42.5 Å². The Morgan fingerprint density at radius 3 is 1.60 bits per heavy atom. The van der Waals surface area contributed by atoms with E-state index in [9.17, 15) is 0 Å². The largest absolute Gasteiger partial charge is 0.456 e. The molecule has 0 saturated heterocycles. The van der Waals surface area contributed by atoms with Crippen molar-refractivity contribution in [1.82, 2.24) is 19.5 Å². The Morgan fingerprint density at radius 1 is 0.302 bits per heavy atom. The number of para-hydroxylation sites is 1. The topological polar surface area (TPSA) is 69.9 Å². The maximum absolute atomic E-state index is 6.62. The van der Waals surface area contributed by atoms with Crippen LogP contribution in [0, 0.1) is 0 Å². The molecule has 292 valence electrons. The predicted octanol–water partition coefficient (Wildman–Crippen LogP) is 15.2. The molecular formula is C57H32N4O2. The van der Waals surface area contributed by atoms with Gasteiger partial charge >= 0.3 is 0 Å². The lowest BCUT2D eigenvalue weighted by Crippen LogP contribution is -2.00. The monoisotopic (exact) mass is 804 g/mol. The van der Waals surface area contributed by atoms with Gasteiger partial charge in [0.25, 0.3) is 0 Å². The molecule has 0 spiro atoms. The molecule has 0 amide bonds. The standard InChI is InChI=1S/C57H32N4O2/c1-2-11-33(12-3-1)34-23-25-35(26-24-34)55-58-56(36-27-29-41-40-15-6-7-21-48(40)63-51(41)31-36)60-57(59-55)44-18-10-22-50-52(44)45-32-37(28-30-49(45)62-50)61-46-19-8-16-42-38-13-4-5-14-39(38)43-17-9-20-47(61)54(43)53(42)46/h1-32H. The smallest absolute Gasteiger partial charge is 0.164 e. The van der Waals surface area contributed by atoms with Crippen molar-refractivity contribution in [2.75, 3.05) is 0 Å². The minimum atomic E-state index is 0.554. The molecule has 0 aliphatic carbocycles. The number of rotatable bonds is 5. The Hall–Kier alpha value is -8.61. The van der Waals surface area contributed by atoms with E-state index in [0.29, 0.717) is 17.5 Å². The maximum atomic E-state index is 6.62. The molecule has 14 aromatic rings. The molecule has 0 aliphatic rings.